The molecule has 7 rings (SSSR count). The summed E-state index contributed by atoms with van der Waals surface area (Å²) in [6.07, 6.45) is 0. The zero-order valence-electron chi connectivity index (χ0n) is 17.0. The number of hydrogen-bond donors (Lipinski definition) is 2. The van der Waals surface area contributed by atoms with Crippen molar-refractivity contribution >= 4 is 65.3 Å². The molecule has 0 aliphatic heterocycles. The lowest BCUT2D eigenvalue weighted by Gasteiger charge is -2.12. The summed E-state index contributed by atoms with van der Waals surface area (Å²) >= 11 is 0. The molecule has 2 N–H and O–H groups in total. The smallest absolute Gasteiger partial charge is 0.224 e. The molecule has 0 unspecified atom stereocenters. The quantitative estimate of drug-likeness (QED) is 0.305. The lowest BCUT2D eigenvalue weighted by atomic mass is 9.97. The van der Waals surface area contributed by atoms with Crippen LogP contribution in [0.4, 0.5) is 0 Å². The van der Waals surface area contributed by atoms with Crippen molar-refractivity contribution in [3.05, 3.63) is 72.8 Å². The fourth-order valence-electron chi connectivity index (χ4n) is 5.10. The average molecular weight is 401 g/mol. The molecule has 31 heavy (non-hydrogen) atoms. The number of aromatic amines is 2. The highest BCUT2D eigenvalue weighted by Gasteiger charge is 2.22. The van der Waals surface area contributed by atoms with E-state index in [1.807, 2.05) is 13.0 Å². The van der Waals surface area contributed by atoms with Crippen molar-refractivity contribution in [2.24, 2.45) is 0 Å². The van der Waals surface area contributed by atoms with E-state index in [0.29, 0.717) is 12.5 Å². The van der Waals surface area contributed by atoms with E-state index >= 15 is 0 Å². The molecule has 0 aliphatic rings. The number of hydrogen-bond acceptors (Lipinski definition) is 2. The maximum atomic E-state index is 6.11. The standard InChI is InChI=1S/C27H19N3O/c1-2-31-27-24-23(17-11-5-8-14-20(17)30-27)25-21(15-9-3-6-12-18(15)28-25)22-16-10-4-7-13-19(16)29-26(22)24/h3-14,28-29H,2H2,1H3. The molecule has 0 atom stereocenters. The highest BCUT2D eigenvalue weighted by molar-refractivity contribution is 6.39. The topological polar surface area (TPSA) is 53.7 Å². The van der Waals surface area contributed by atoms with Gasteiger partial charge in [-0.1, -0.05) is 54.6 Å². The van der Waals surface area contributed by atoms with E-state index in [1.165, 1.54) is 21.5 Å². The van der Waals surface area contributed by atoms with Gasteiger partial charge < -0.3 is 14.7 Å². The second-order valence-electron chi connectivity index (χ2n) is 7.96. The monoisotopic (exact) mass is 401 g/mol. The van der Waals surface area contributed by atoms with Crippen molar-refractivity contribution in [1.29, 1.82) is 0 Å². The molecule has 4 aromatic carbocycles. The van der Waals surface area contributed by atoms with Gasteiger partial charge in [-0.25, -0.2) is 4.98 Å². The van der Waals surface area contributed by atoms with Crippen LogP contribution in [0.25, 0.3) is 65.3 Å². The van der Waals surface area contributed by atoms with E-state index in [1.54, 1.807) is 0 Å². The molecule has 0 aliphatic carbocycles. The van der Waals surface area contributed by atoms with Gasteiger partial charge in [0.15, 0.2) is 0 Å². The second-order valence-corrected chi connectivity index (χ2v) is 7.96. The molecule has 0 amide bonds. The Bertz CT molecular complexity index is 1810. The minimum absolute atomic E-state index is 0.562. The van der Waals surface area contributed by atoms with Crippen LogP contribution < -0.4 is 4.74 Å². The van der Waals surface area contributed by atoms with Crippen molar-refractivity contribution < 1.29 is 4.74 Å². The number of fused-ring (bicyclic) bond motifs is 12. The molecule has 0 radical (unpaired) electrons. The summed E-state index contributed by atoms with van der Waals surface area (Å²) < 4.78 is 6.11. The van der Waals surface area contributed by atoms with E-state index in [9.17, 15) is 0 Å². The van der Waals surface area contributed by atoms with Crippen LogP contribution in [0.3, 0.4) is 0 Å². The molecule has 0 saturated heterocycles. The van der Waals surface area contributed by atoms with Crippen LogP contribution in [0.1, 0.15) is 6.92 Å². The van der Waals surface area contributed by atoms with Gasteiger partial charge in [0.2, 0.25) is 5.88 Å². The van der Waals surface area contributed by atoms with Crippen molar-refractivity contribution in [2.45, 2.75) is 6.92 Å². The third-order valence-corrected chi connectivity index (χ3v) is 6.30. The summed E-state index contributed by atoms with van der Waals surface area (Å²) in [7, 11) is 0. The fourth-order valence-corrected chi connectivity index (χ4v) is 5.10. The largest absolute Gasteiger partial charge is 0.477 e. The van der Waals surface area contributed by atoms with Crippen molar-refractivity contribution in [2.75, 3.05) is 6.61 Å². The molecule has 0 saturated carbocycles. The van der Waals surface area contributed by atoms with Gasteiger partial charge >= 0.3 is 0 Å². The maximum Gasteiger partial charge on any atom is 0.224 e. The molecular formula is C27H19N3O. The molecule has 0 fully saturated rings. The van der Waals surface area contributed by atoms with Gasteiger partial charge in [-0.05, 0) is 25.1 Å². The van der Waals surface area contributed by atoms with Gasteiger partial charge in [-0.2, -0.15) is 0 Å². The molecule has 4 nitrogen and oxygen atoms in total. The van der Waals surface area contributed by atoms with E-state index < -0.39 is 0 Å². The first-order chi connectivity index (χ1) is 15.3. The van der Waals surface area contributed by atoms with Crippen LogP contribution in [0.5, 0.6) is 5.88 Å². The van der Waals surface area contributed by atoms with Gasteiger partial charge in [0, 0.05) is 43.4 Å². The Hall–Kier alpha value is -4.05. The Morgan fingerprint density at radius 2 is 1.16 bits per heavy atom. The zero-order chi connectivity index (χ0) is 20.5. The summed E-state index contributed by atoms with van der Waals surface area (Å²) in [6.45, 7) is 2.57. The number of para-hydroxylation sites is 3. The normalized spacial score (nSPS) is 12.2. The van der Waals surface area contributed by atoms with Crippen LogP contribution in [-0.4, -0.2) is 21.6 Å². The number of pyridine rings is 1. The Morgan fingerprint density at radius 1 is 0.645 bits per heavy atom. The summed E-state index contributed by atoms with van der Waals surface area (Å²) in [4.78, 5) is 12.3. The molecule has 148 valence electrons. The van der Waals surface area contributed by atoms with Gasteiger partial charge in [-0.3, -0.25) is 0 Å². The predicted octanol–water partition coefficient (Wildman–Crippen LogP) is 7.06. The second kappa shape index (κ2) is 5.99. The number of ether oxygens (including phenoxy) is 1. The van der Waals surface area contributed by atoms with E-state index in [0.717, 1.165) is 43.7 Å². The van der Waals surface area contributed by atoms with Crippen molar-refractivity contribution in [3.63, 3.8) is 0 Å². The first kappa shape index (κ1) is 16.7. The van der Waals surface area contributed by atoms with Crippen LogP contribution in [0.15, 0.2) is 72.8 Å². The number of rotatable bonds is 2. The third kappa shape index (κ3) is 2.11. The van der Waals surface area contributed by atoms with Crippen LogP contribution in [0, 0.1) is 0 Å². The highest BCUT2D eigenvalue weighted by Crippen LogP contribution is 2.46. The zero-order valence-corrected chi connectivity index (χ0v) is 17.0. The van der Waals surface area contributed by atoms with Gasteiger partial charge in [-0.15, -0.1) is 0 Å². The SMILES string of the molecule is CCOc1nc2ccccc2c2c3[nH]c4ccccc4c3c3c4ccccc4[nH]c3c12. The molecule has 4 heteroatoms. The third-order valence-electron chi connectivity index (χ3n) is 6.30. The number of benzene rings is 4. The van der Waals surface area contributed by atoms with Gasteiger partial charge in [0.05, 0.1) is 28.5 Å². The van der Waals surface area contributed by atoms with Crippen molar-refractivity contribution in [3.8, 4) is 5.88 Å². The maximum absolute atomic E-state index is 6.11. The first-order valence-electron chi connectivity index (χ1n) is 10.6. The summed E-state index contributed by atoms with van der Waals surface area (Å²) in [5.74, 6) is 0.674. The summed E-state index contributed by atoms with van der Waals surface area (Å²) in [6, 6.07) is 25.4. The number of nitrogens with zero attached hydrogens (tertiary/aromatic N) is 1. The summed E-state index contributed by atoms with van der Waals surface area (Å²) in [5, 5.41) is 8.21. The molecule has 3 aromatic heterocycles. The molecule has 0 bridgehead atoms. The first-order valence-corrected chi connectivity index (χ1v) is 10.6. The Balaban J connectivity index is 1.92. The van der Waals surface area contributed by atoms with Gasteiger partial charge in [0.1, 0.15) is 0 Å². The molecule has 3 heterocycles. The predicted molar refractivity (Wildman–Crippen MR) is 129 cm³/mol. The number of nitrogens with one attached hydrogen (secondary N) is 2. The lowest BCUT2D eigenvalue weighted by molar-refractivity contribution is 0.332. The van der Waals surface area contributed by atoms with Crippen LogP contribution in [-0.2, 0) is 0 Å². The minimum Gasteiger partial charge on any atom is -0.477 e. The Morgan fingerprint density at radius 3 is 1.81 bits per heavy atom. The lowest BCUT2D eigenvalue weighted by Crippen LogP contribution is -1.97. The van der Waals surface area contributed by atoms with Gasteiger partial charge in [0.25, 0.3) is 0 Å². The highest BCUT2D eigenvalue weighted by atomic mass is 16.5. The molecule has 7 aromatic rings. The van der Waals surface area contributed by atoms with E-state index in [4.69, 9.17) is 9.72 Å². The summed E-state index contributed by atoms with van der Waals surface area (Å²) in [5.41, 5.74) is 5.40. The van der Waals surface area contributed by atoms with Crippen LogP contribution in [0.2, 0.25) is 0 Å². The Labute approximate surface area is 177 Å². The molecular weight excluding hydrogens is 382 g/mol. The Kier molecular flexibility index (Phi) is 3.23. The number of aromatic nitrogens is 3. The molecule has 0 spiro atoms. The average Bonchev–Trinajstić information content (AvgIpc) is 3.37. The van der Waals surface area contributed by atoms with E-state index in [-0.39, 0.29) is 0 Å². The fraction of sp³-hybridized carbons (Fsp3) is 0.0741. The van der Waals surface area contributed by atoms with Crippen LogP contribution >= 0.6 is 0 Å². The minimum atomic E-state index is 0.562. The van der Waals surface area contributed by atoms with E-state index in [2.05, 4.69) is 76.7 Å². The van der Waals surface area contributed by atoms with Crippen molar-refractivity contribution in [1.82, 2.24) is 15.0 Å². The number of H-pyrrole nitrogens is 2.